The highest BCUT2D eigenvalue weighted by atomic mass is 16.5. The molecule has 2 aliphatic heterocycles. The van der Waals surface area contributed by atoms with Gasteiger partial charge in [0.1, 0.15) is 0 Å². The SMILES string of the molecule is C1=c2cc3c(ccc4c5c(ccc43)C3(CC=5)CCO3)cc2N=N1. The minimum Gasteiger partial charge on any atom is -0.370 e. The first-order chi connectivity index (χ1) is 11.3. The lowest BCUT2D eigenvalue weighted by Gasteiger charge is -2.39. The molecule has 1 fully saturated rings. The third kappa shape index (κ3) is 1.39. The van der Waals surface area contributed by atoms with Gasteiger partial charge < -0.3 is 4.74 Å². The van der Waals surface area contributed by atoms with Crippen LogP contribution in [0.4, 0.5) is 5.69 Å². The first-order valence-electron chi connectivity index (χ1n) is 8.09. The van der Waals surface area contributed by atoms with Gasteiger partial charge in [0, 0.05) is 11.6 Å². The average Bonchev–Trinajstić information content (AvgIpc) is 3.15. The molecular formula is C20H14N2O. The molecule has 3 aliphatic rings. The molecule has 3 aromatic carbocycles. The molecule has 1 saturated heterocycles. The zero-order valence-corrected chi connectivity index (χ0v) is 12.5. The Balaban J connectivity index is 1.74. The molecule has 1 atom stereocenters. The Bertz CT molecular complexity index is 1170. The van der Waals surface area contributed by atoms with Crippen molar-refractivity contribution in [1.29, 1.82) is 0 Å². The summed E-state index contributed by atoms with van der Waals surface area (Å²) in [5.41, 5.74) is 2.31. The highest BCUT2D eigenvalue weighted by molar-refractivity contribution is 6.08. The summed E-state index contributed by atoms with van der Waals surface area (Å²) in [6, 6.07) is 13.3. The molecule has 3 heteroatoms. The summed E-state index contributed by atoms with van der Waals surface area (Å²) in [5, 5.41) is 15.8. The van der Waals surface area contributed by atoms with E-state index in [2.05, 4.69) is 52.7 Å². The minimum absolute atomic E-state index is 0.0258. The first kappa shape index (κ1) is 12.0. The second-order valence-corrected chi connectivity index (χ2v) is 6.67. The topological polar surface area (TPSA) is 34.0 Å². The molecule has 0 saturated carbocycles. The minimum atomic E-state index is -0.0258. The highest BCUT2D eigenvalue weighted by Gasteiger charge is 2.42. The Kier molecular flexibility index (Phi) is 2.01. The van der Waals surface area contributed by atoms with Gasteiger partial charge in [-0.3, -0.25) is 0 Å². The largest absolute Gasteiger partial charge is 0.370 e. The van der Waals surface area contributed by atoms with Gasteiger partial charge in [0.2, 0.25) is 0 Å². The van der Waals surface area contributed by atoms with Gasteiger partial charge in [-0.2, -0.15) is 10.2 Å². The Labute approximate surface area is 132 Å². The molecule has 3 aromatic rings. The van der Waals surface area contributed by atoms with Crippen LogP contribution in [0.3, 0.4) is 0 Å². The van der Waals surface area contributed by atoms with Crippen LogP contribution >= 0.6 is 0 Å². The van der Waals surface area contributed by atoms with Crippen molar-refractivity contribution in [2.45, 2.75) is 18.4 Å². The fourth-order valence-corrected chi connectivity index (χ4v) is 4.28. The molecule has 1 spiro atoms. The third-order valence-electron chi connectivity index (χ3n) is 5.58. The normalized spacial score (nSPS) is 23.7. The van der Waals surface area contributed by atoms with E-state index in [0.29, 0.717) is 0 Å². The number of hydrogen-bond donors (Lipinski definition) is 0. The average molecular weight is 298 g/mol. The molecule has 23 heavy (non-hydrogen) atoms. The Morgan fingerprint density at radius 2 is 1.91 bits per heavy atom. The van der Waals surface area contributed by atoms with Crippen LogP contribution in [0, 0.1) is 0 Å². The maximum absolute atomic E-state index is 5.94. The van der Waals surface area contributed by atoms with Crippen molar-refractivity contribution < 1.29 is 4.74 Å². The van der Waals surface area contributed by atoms with E-state index in [4.69, 9.17) is 4.74 Å². The second kappa shape index (κ2) is 3.87. The van der Waals surface area contributed by atoms with Crippen LogP contribution in [0.1, 0.15) is 18.4 Å². The van der Waals surface area contributed by atoms with Gasteiger partial charge in [0.25, 0.3) is 0 Å². The maximum atomic E-state index is 5.94. The molecule has 0 radical (unpaired) electrons. The second-order valence-electron chi connectivity index (χ2n) is 6.67. The van der Waals surface area contributed by atoms with Crippen LogP contribution in [0.15, 0.2) is 46.6 Å². The predicted molar refractivity (Wildman–Crippen MR) is 91.0 cm³/mol. The van der Waals surface area contributed by atoms with Gasteiger partial charge in [-0.25, -0.2) is 0 Å². The van der Waals surface area contributed by atoms with Crippen LogP contribution in [0.2, 0.25) is 0 Å². The van der Waals surface area contributed by atoms with Crippen molar-refractivity contribution in [1.82, 2.24) is 0 Å². The van der Waals surface area contributed by atoms with E-state index < -0.39 is 0 Å². The lowest BCUT2D eigenvalue weighted by atomic mass is 9.86. The van der Waals surface area contributed by atoms with Crippen LogP contribution < -0.4 is 10.4 Å². The summed E-state index contributed by atoms with van der Waals surface area (Å²) in [6.45, 7) is 0.887. The molecule has 0 aromatic heterocycles. The summed E-state index contributed by atoms with van der Waals surface area (Å²) in [4.78, 5) is 0. The fourth-order valence-electron chi connectivity index (χ4n) is 4.28. The number of nitrogens with zero attached hydrogens (tertiary/aromatic N) is 2. The van der Waals surface area contributed by atoms with Gasteiger partial charge in [-0.1, -0.05) is 30.3 Å². The van der Waals surface area contributed by atoms with E-state index in [0.717, 1.165) is 30.4 Å². The molecule has 110 valence electrons. The van der Waals surface area contributed by atoms with Gasteiger partial charge >= 0.3 is 0 Å². The molecule has 3 nitrogen and oxygen atoms in total. The van der Waals surface area contributed by atoms with E-state index in [1.165, 1.54) is 32.3 Å². The number of rotatable bonds is 0. The van der Waals surface area contributed by atoms with Gasteiger partial charge in [0.05, 0.1) is 24.1 Å². The van der Waals surface area contributed by atoms with E-state index >= 15 is 0 Å². The molecule has 0 N–H and O–H groups in total. The molecule has 6 rings (SSSR count). The van der Waals surface area contributed by atoms with E-state index in [1.807, 2.05) is 6.20 Å². The van der Waals surface area contributed by atoms with Gasteiger partial charge in [-0.15, -0.1) is 0 Å². The monoisotopic (exact) mass is 298 g/mol. The maximum Gasteiger partial charge on any atom is 0.0993 e. The molecular weight excluding hydrogens is 284 g/mol. The summed E-state index contributed by atoms with van der Waals surface area (Å²) in [5.74, 6) is 0. The number of hydrogen-bond acceptors (Lipinski definition) is 3. The molecule has 0 amide bonds. The summed E-state index contributed by atoms with van der Waals surface area (Å²) >= 11 is 0. The van der Waals surface area contributed by atoms with Gasteiger partial charge in [-0.05, 0) is 50.9 Å². The van der Waals surface area contributed by atoms with Crippen molar-refractivity contribution >= 4 is 39.5 Å². The summed E-state index contributed by atoms with van der Waals surface area (Å²) in [7, 11) is 0. The third-order valence-corrected chi connectivity index (χ3v) is 5.58. The Morgan fingerprint density at radius 3 is 2.78 bits per heavy atom. The predicted octanol–water partition coefficient (Wildman–Crippen LogP) is 3.63. The van der Waals surface area contributed by atoms with Crippen molar-refractivity contribution in [3.05, 3.63) is 52.4 Å². The van der Waals surface area contributed by atoms with E-state index in [1.54, 1.807) is 0 Å². The fraction of sp³-hybridized carbons (Fsp3) is 0.200. The van der Waals surface area contributed by atoms with Crippen molar-refractivity contribution in [3.63, 3.8) is 0 Å². The Hall–Kier alpha value is -2.52. The quantitative estimate of drug-likeness (QED) is 0.584. The number of ether oxygens (including phenoxy) is 1. The zero-order valence-electron chi connectivity index (χ0n) is 12.5. The Morgan fingerprint density at radius 1 is 1.00 bits per heavy atom. The number of fused-ring (bicyclic) bond motifs is 7. The molecule has 0 bridgehead atoms. The van der Waals surface area contributed by atoms with Gasteiger partial charge in [0.15, 0.2) is 0 Å². The first-order valence-corrected chi connectivity index (χ1v) is 8.09. The molecule has 2 heterocycles. The van der Waals surface area contributed by atoms with E-state index in [-0.39, 0.29) is 5.60 Å². The lowest BCUT2D eigenvalue weighted by Crippen LogP contribution is -2.40. The number of azo groups is 1. The summed E-state index contributed by atoms with van der Waals surface area (Å²) in [6.07, 6.45) is 6.34. The van der Waals surface area contributed by atoms with Crippen molar-refractivity contribution in [3.8, 4) is 0 Å². The van der Waals surface area contributed by atoms with Crippen LogP contribution in [0.25, 0.3) is 33.8 Å². The van der Waals surface area contributed by atoms with Crippen molar-refractivity contribution in [2.24, 2.45) is 10.2 Å². The summed E-state index contributed by atoms with van der Waals surface area (Å²) < 4.78 is 5.94. The van der Waals surface area contributed by atoms with Crippen LogP contribution in [-0.4, -0.2) is 6.61 Å². The standard InChI is InChI=1S/C20H14N2O/c1-2-14-15(17-9-13-11-21-22-19(13)10-12(1)17)3-4-18-16(14)5-6-20(18)7-8-23-20/h1-5,9-11H,6-8H2. The van der Waals surface area contributed by atoms with Crippen LogP contribution in [0.5, 0.6) is 0 Å². The number of benzene rings is 3. The smallest absolute Gasteiger partial charge is 0.0993 e. The highest BCUT2D eigenvalue weighted by Crippen LogP contribution is 2.43. The van der Waals surface area contributed by atoms with E-state index in [9.17, 15) is 0 Å². The van der Waals surface area contributed by atoms with Crippen LogP contribution in [-0.2, 0) is 10.3 Å². The lowest BCUT2D eigenvalue weighted by molar-refractivity contribution is -0.147. The molecule has 1 aliphatic carbocycles. The molecule has 1 unspecified atom stereocenters. The van der Waals surface area contributed by atoms with Crippen molar-refractivity contribution in [2.75, 3.05) is 6.61 Å². The zero-order chi connectivity index (χ0) is 15.0.